The van der Waals surface area contributed by atoms with E-state index in [9.17, 15) is 14.4 Å². The minimum atomic E-state index is -0.838. The second-order valence-corrected chi connectivity index (χ2v) is 10.8. The first-order valence-electron chi connectivity index (χ1n) is 12.4. The number of thiophene rings is 1. The molecule has 40 heavy (non-hydrogen) atoms. The van der Waals surface area contributed by atoms with Crippen LogP contribution in [0.15, 0.2) is 72.8 Å². The van der Waals surface area contributed by atoms with Crippen LogP contribution in [0, 0.1) is 6.92 Å². The van der Waals surface area contributed by atoms with Crippen molar-refractivity contribution >= 4 is 63.0 Å². The summed E-state index contributed by atoms with van der Waals surface area (Å²) in [6, 6.07) is 20.6. The van der Waals surface area contributed by atoms with Crippen LogP contribution < -0.4 is 15.4 Å². The number of benzene rings is 3. The molecule has 0 aliphatic heterocycles. The van der Waals surface area contributed by atoms with E-state index in [2.05, 4.69) is 10.6 Å². The lowest BCUT2D eigenvalue weighted by Crippen LogP contribution is -2.30. The van der Waals surface area contributed by atoms with E-state index in [-0.39, 0.29) is 6.61 Å². The second kappa shape index (κ2) is 13.0. The number of anilines is 2. The molecule has 4 aromatic rings. The van der Waals surface area contributed by atoms with E-state index in [1.807, 2.05) is 37.3 Å². The molecule has 0 saturated carbocycles. The van der Waals surface area contributed by atoms with Gasteiger partial charge in [-0.15, -0.1) is 11.3 Å². The van der Waals surface area contributed by atoms with Gasteiger partial charge in [0.1, 0.15) is 16.3 Å². The summed E-state index contributed by atoms with van der Waals surface area (Å²) in [5.41, 5.74) is 2.71. The average Bonchev–Trinajstić information content (AvgIpc) is 3.24. The Balaban J connectivity index is 1.47. The van der Waals surface area contributed by atoms with Crippen molar-refractivity contribution in [3.05, 3.63) is 98.8 Å². The van der Waals surface area contributed by atoms with Crippen LogP contribution in [-0.2, 0) is 9.53 Å². The first kappa shape index (κ1) is 29.1. The average molecular weight is 598 g/mol. The molecule has 10 heteroatoms. The van der Waals surface area contributed by atoms with Crippen molar-refractivity contribution < 1.29 is 23.9 Å². The molecule has 2 amide bonds. The van der Waals surface area contributed by atoms with E-state index in [1.54, 1.807) is 56.3 Å². The minimum absolute atomic E-state index is 0.208. The van der Waals surface area contributed by atoms with Gasteiger partial charge >= 0.3 is 5.97 Å². The highest BCUT2D eigenvalue weighted by Gasteiger charge is 2.26. The van der Waals surface area contributed by atoms with Crippen molar-refractivity contribution in [3.8, 4) is 16.9 Å². The maximum atomic E-state index is 13.1. The molecule has 1 heterocycles. The number of hydrogen-bond acceptors (Lipinski definition) is 6. The van der Waals surface area contributed by atoms with Crippen molar-refractivity contribution in [2.24, 2.45) is 0 Å². The van der Waals surface area contributed by atoms with E-state index < -0.39 is 23.9 Å². The zero-order valence-electron chi connectivity index (χ0n) is 21.9. The highest BCUT2D eigenvalue weighted by Crippen LogP contribution is 2.40. The SMILES string of the molecule is CCOC(=O)c1c(NC(=O)c2ccc(O[C@H](C)C(=O)Nc3cc(Cl)cc(Cl)c3)cc2)sc(C)c1-c1ccccc1. The molecule has 0 bridgehead atoms. The maximum absolute atomic E-state index is 13.1. The minimum Gasteiger partial charge on any atom is -0.481 e. The third kappa shape index (κ3) is 7.01. The predicted molar refractivity (Wildman–Crippen MR) is 160 cm³/mol. The number of carbonyl (C=O) groups excluding carboxylic acids is 3. The maximum Gasteiger partial charge on any atom is 0.341 e. The van der Waals surface area contributed by atoms with Crippen LogP contribution in [0.1, 0.15) is 39.4 Å². The molecular formula is C30H26Cl2N2O5S. The fourth-order valence-corrected chi connectivity index (χ4v) is 5.56. The Labute approximate surface area is 246 Å². The second-order valence-electron chi connectivity index (χ2n) is 8.71. The zero-order chi connectivity index (χ0) is 28.8. The molecule has 0 aliphatic rings. The number of aryl methyl sites for hydroxylation is 1. The number of rotatable bonds is 9. The predicted octanol–water partition coefficient (Wildman–Crippen LogP) is 7.87. The molecule has 0 unspecified atom stereocenters. The molecule has 3 aromatic carbocycles. The summed E-state index contributed by atoms with van der Waals surface area (Å²) in [7, 11) is 0. The first-order chi connectivity index (χ1) is 19.2. The molecule has 206 valence electrons. The summed E-state index contributed by atoms with van der Waals surface area (Å²) in [4.78, 5) is 39.5. The summed E-state index contributed by atoms with van der Waals surface area (Å²) in [5, 5.41) is 6.78. The molecule has 2 N–H and O–H groups in total. The van der Waals surface area contributed by atoms with Gasteiger partial charge in [-0.1, -0.05) is 53.5 Å². The lowest BCUT2D eigenvalue weighted by Gasteiger charge is -2.15. The van der Waals surface area contributed by atoms with Crippen LogP contribution in [0.3, 0.4) is 0 Å². The number of amides is 2. The summed E-state index contributed by atoms with van der Waals surface area (Å²) in [6.45, 7) is 5.44. The Morgan fingerprint density at radius 2 is 1.57 bits per heavy atom. The fraction of sp³-hybridized carbons (Fsp3) is 0.167. The lowest BCUT2D eigenvalue weighted by atomic mass is 10.0. The smallest absolute Gasteiger partial charge is 0.341 e. The van der Waals surface area contributed by atoms with Crippen molar-refractivity contribution in [1.82, 2.24) is 0 Å². The number of halogens is 2. The van der Waals surface area contributed by atoms with E-state index in [4.69, 9.17) is 32.7 Å². The van der Waals surface area contributed by atoms with Crippen LogP contribution in [0.5, 0.6) is 5.75 Å². The quantitative estimate of drug-likeness (QED) is 0.192. The van der Waals surface area contributed by atoms with Crippen LogP contribution in [-0.4, -0.2) is 30.5 Å². The largest absolute Gasteiger partial charge is 0.481 e. The molecule has 0 radical (unpaired) electrons. The third-order valence-corrected chi connectivity index (χ3v) is 7.24. The Morgan fingerprint density at radius 3 is 2.20 bits per heavy atom. The number of carbonyl (C=O) groups is 3. The topological polar surface area (TPSA) is 93.7 Å². The van der Waals surface area contributed by atoms with Gasteiger partial charge in [-0.3, -0.25) is 9.59 Å². The Morgan fingerprint density at radius 1 is 0.925 bits per heavy atom. The Hall–Kier alpha value is -3.85. The highest BCUT2D eigenvalue weighted by atomic mass is 35.5. The van der Waals surface area contributed by atoms with Gasteiger partial charge in [-0.05, 0) is 68.8 Å². The third-order valence-electron chi connectivity index (χ3n) is 5.78. The first-order valence-corrected chi connectivity index (χ1v) is 13.9. The zero-order valence-corrected chi connectivity index (χ0v) is 24.2. The van der Waals surface area contributed by atoms with Crippen LogP contribution >= 0.6 is 34.5 Å². The van der Waals surface area contributed by atoms with Gasteiger partial charge in [0.2, 0.25) is 0 Å². The molecule has 0 fully saturated rings. The fourth-order valence-electron chi connectivity index (χ4n) is 3.97. The molecule has 1 atom stereocenters. The number of ether oxygens (including phenoxy) is 2. The molecule has 1 aromatic heterocycles. The standard InChI is InChI=1S/C30H26Cl2N2O5S/c1-4-38-30(37)26-25(19-8-6-5-7-9-19)18(3)40-29(26)34-28(36)20-10-12-24(13-11-20)39-17(2)27(35)33-23-15-21(31)14-22(32)16-23/h5-17H,4H2,1-3H3,(H,33,35)(H,34,36)/t17-/m1/s1. The van der Waals surface area contributed by atoms with Crippen LogP contribution in [0.4, 0.5) is 10.7 Å². The van der Waals surface area contributed by atoms with Crippen molar-refractivity contribution in [2.45, 2.75) is 26.9 Å². The molecule has 4 rings (SSSR count). The van der Waals surface area contributed by atoms with Crippen LogP contribution in [0.2, 0.25) is 10.0 Å². The van der Waals surface area contributed by atoms with Gasteiger partial charge in [0.05, 0.1) is 6.61 Å². The van der Waals surface area contributed by atoms with Crippen LogP contribution in [0.25, 0.3) is 11.1 Å². The van der Waals surface area contributed by atoms with Gasteiger partial charge in [-0.25, -0.2) is 4.79 Å². The number of esters is 1. The summed E-state index contributed by atoms with van der Waals surface area (Å²) >= 11 is 13.3. The lowest BCUT2D eigenvalue weighted by molar-refractivity contribution is -0.122. The van der Waals surface area contributed by atoms with Crippen molar-refractivity contribution in [1.29, 1.82) is 0 Å². The summed E-state index contributed by atoms with van der Waals surface area (Å²) < 4.78 is 11.0. The Bertz CT molecular complexity index is 1520. The van der Waals surface area contributed by atoms with E-state index in [0.717, 1.165) is 16.0 Å². The molecule has 0 spiro atoms. The van der Waals surface area contributed by atoms with Gasteiger partial charge in [0, 0.05) is 31.7 Å². The van der Waals surface area contributed by atoms with Gasteiger partial charge in [0.15, 0.2) is 6.10 Å². The molecular weight excluding hydrogens is 571 g/mol. The van der Waals surface area contributed by atoms with Gasteiger partial charge < -0.3 is 20.1 Å². The summed E-state index contributed by atoms with van der Waals surface area (Å²) in [5.74, 6) is -0.901. The van der Waals surface area contributed by atoms with Gasteiger partial charge in [-0.2, -0.15) is 0 Å². The van der Waals surface area contributed by atoms with Crippen molar-refractivity contribution in [3.63, 3.8) is 0 Å². The van der Waals surface area contributed by atoms with E-state index in [0.29, 0.717) is 37.6 Å². The molecule has 0 saturated heterocycles. The molecule has 7 nitrogen and oxygen atoms in total. The van der Waals surface area contributed by atoms with Gasteiger partial charge in [0.25, 0.3) is 11.8 Å². The highest BCUT2D eigenvalue weighted by molar-refractivity contribution is 7.17. The normalized spacial score (nSPS) is 11.4. The van der Waals surface area contributed by atoms with Crippen molar-refractivity contribution in [2.75, 3.05) is 17.2 Å². The van der Waals surface area contributed by atoms with E-state index in [1.165, 1.54) is 11.3 Å². The molecule has 0 aliphatic carbocycles. The Kier molecular flexibility index (Phi) is 9.47. The number of hydrogen-bond donors (Lipinski definition) is 2. The summed E-state index contributed by atoms with van der Waals surface area (Å²) in [6.07, 6.45) is -0.838. The number of nitrogens with one attached hydrogen (secondary N) is 2. The van der Waals surface area contributed by atoms with E-state index >= 15 is 0 Å². The monoisotopic (exact) mass is 596 g/mol.